The first-order valence-electron chi connectivity index (χ1n) is 16.9. The highest BCUT2D eigenvalue weighted by Gasteiger charge is 2.20. The van der Waals surface area contributed by atoms with E-state index in [1.165, 1.54) is 48.1 Å². The summed E-state index contributed by atoms with van der Waals surface area (Å²) in [4.78, 5) is 11.8. The van der Waals surface area contributed by atoms with Gasteiger partial charge in [0.15, 0.2) is 0 Å². The van der Waals surface area contributed by atoms with Crippen LogP contribution in [0.25, 0.3) is 103 Å². The maximum Gasteiger partial charge on any atom is 0.143 e. The van der Waals surface area contributed by atoms with E-state index in [0.717, 1.165) is 54.7 Å². The molecule has 0 saturated carbocycles. The summed E-state index contributed by atoms with van der Waals surface area (Å²) < 4.78 is 3.61. The molecule has 11 rings (SSSR count). The lowest BCUT2D eigenvalue weighted by atomic mass is 9.96. The maximum absolute atomic E-state index is 5.42. The van der Waals surface area contributed by atoms with Crippen molar-refractivity contribution < 1.29 is 0 Å². The minimum Gasteiger partial charge on any atom is -0.309 e. The van der Waals surface area contributed by atoms with E-state index in [9.17, 15) is 0 Å². The third-order valence-corrected chi connectivity index (χ3v) is 11.2. The molecule has 3 aromatic heterocycles. The molecule has 11 aromatic rings. The molecule has 0 amide bonds. The Balaban J connectivity index is 1.16. The molecule has 0 spiro atoms. The summed E-state index contributed by atoms with van der Waals surface area (Å²) in [5, 5.41) is 10.9. The number of rotatable bonds is 3. The maximum atomic E-state index is 5.42. The van der Waals surface area contributed by atoms with Gasteiger partial charge < -0.3 is 4.57 Å². The molecule has 0 atom stereocenters. The van der Waals surface area contributed by atoms with Crippen molar-refractivity contribution in [3.05, 3.63) is 164 Å². The Morgan fingerprint density at radius 2 is 1.14 bits per heavy atom. The number of nitrogens with zero attached hydrogens (tertiary/aromatic N) is 3. The van der Waals surface area contributed by atoms with Crippen molar-refractivity contribution in [3.8, 4) is 28.2 Å². The van der Waals surface area contributed by atoms with Gasteiger partial charge in [0.05, 0.1) is 22.4 Å². The summed E-state index contributed by atoms with van der Waals surface area (Å²) in [6.07, 6.45) is 0. The zero-order valence-corrected chi connectivity index (χ0v) is 27.7. The number of thiophene rings is 1. The van der Waals surface area contributed by atoms with Crippen LogP contribution in [0, 0.1) is 0 Å². The third kappa shape index (κ3) is 4.09. The number of benzene rings is 8. The SMILES string of the molecule is c1ccc2cc(-c3nc4c(nc3-c3cccc5cc(-n6c7ccccc7c7cc8ccccc8cc76)ccc35)sc3ccccc34)ccc2c1. The first-order valence-corrected chi connectivity index (χ1v) is 17.7. The summed E-state index contributed by atoms with van der Waals surface area (Å²) in [5.41, 5.74) is 8.45. The Hall–Kier alpha value is -6.36. The fraction of sp³-hybridized carbons (Fsp3) is 0. The Kier molecular flexibility index (Phi) is 5.83. The fourth-order valence-electron chi connectivity index (χ4n) is 7.80. The molecule has 4 heteroatoms. The molecule has 0 bridgehead atoms. The van der Waals surface area contributed by atoms with Crippen molar-refractivity contribution in [1.82, 2.24) is 14.5 Å². The second-order valence-electron chi connectivity index (χ2n) is 13.0. The molecule has 3 nitrogen and oxygen atoms in total. The molecule has 0 aliphatic rings. The highest BCUT2D eigenvalue weighted by Crippen LogP contribution is 2.41. The number of para-hydroxylation sites is 1. The minimum atomic E-state index is 0.901. The van der Waals surface area contributed by atoms with Crippen LogP contribution in [0.15, 0.2) is 164 Å². The van der Waals surface area contributed by atoms with E-state index >= 15 is 0 Å². The number of hydrogen-bond donors (Lipinski definition) is 0. The lowest BCUT2D eigenvalue weighted by Crippen LogP contribution is -1.96. The summed E-state index contributed by atoms with van der Waals surface area (Å²) in [6.45, 7) is 0. The largest absolute Gasteiger partial charge is 0.309 e. The third-order valence-electron chi connectivity index (χ3n) is 10.2. The molecule has 0 radical (unpaired) electrons. The minimum absolute atomic E-state index is 0.901. The normalized spacial score (nSPS) is 12.0. The van der Waals surface area contributed by atoms with Crippen molar-refractivity contribution in [3.63, 3.8) is 0 Å². The van der Waals surface area contributed by atoms with E-state index in [1.807, 2.05) is 0 Å². The highest BCUT2D eigenvalue weighted by atomic mass is 32.1. The highest BCUT2D eigenvalue weighted by molar-refractivity contribution is 7.25. The Morgan fingerprint density at radius 3 is 2.02 bits per heavy atom. The molecule has 0 saturated heterocycles. The van der Waals surface area contributed by atoms with E-state index in [0.29, 0.717) is 0 Å². The van der Waals surface area contributed by atoms with Crippen LogP contribution in [0.1, 0.15) is 0 Å². The van der Waals surface area contributed by atoms with E-state index in [1.54, 1.807) is 11.3 Å². The topological polar surface area (TPSA) is 30.7 Å². The number of hydrogen-bond acceptors (Lipinski definition) is 3. The van der Waals surface area contributed by atoms with Crippen LogP contribution in [-0.2, 0) is 0 Å². The van der Waals surface area contributed by atoms with Gasteiger partial charge in [-0.1, -0.05) is 121 Å². The molecule has 0 fully saturated rings. The van der Waals surface area contributed by atoms with E-state index in [4.69, 9.17) is 9.97 Å². The molecule has 50 heavy (non-hydrogen) atoms. The van der Waals surface area contributed by atoms with Crippen LogP contribution in [0.4, 0.5) is 0 Å². The lowest BCUT2D eigenvalue weighted by Gasteiger charge is -2.14. The van der Waals surface area contributed by atoms with Gasteiger partial charge in [0.25, 0.3) is 0 Å². The van der Waals surface area contributed by atoms with Gasteiger partial charge in [-0.25, -0.2) is 9.97 Å². The molecule has 0 unspecified atom stereocenters. The van der Waals surface area contributed by atoms with Crippen LogP contribution in [0.5, 0.6) is 0 Å². The molecular formula is C46H27N3S. The van der Waals surface area contributed by atoms with Crippen LogP contribution in [0.3, 0.4) is 0 Å². The standard InChI is InChI=1S/C46H27N3S/c1-2-11-29-24-33(21-20-28(29)10-1)43-44(48-46-45(47-43)38-16-6-8-19-42(38)50-46)37-17-9-14-32-25-34(22-23-35(32)37)49-40-18-7-5-15-36(40)39-26-30-12-3-4-13-31(30)27-41(39)49/h1-27H. The number of aromatic nitrogens is 3. The fourth-order valence-corrected chi connectivity index (χ4v) is 8.82. The predicted octanol–water partition coefficient (Wildman–Crippen LogP) is 12.7. The Morgan fingerprint density at radius 1 is 0.420 bits per heavy atom. The smallest absolute Gasteiger partial charge is 0.143 e. The lowest BCUT2D eigenvalue weighted by molar-refractivity contribution is 1.19. The summed E-state index contributed by atoms with van der Waals surface area (Å²) >= 11 is 1.71. The van der Waals surface area contributed by atoms with Gasteiger partial charge >= 0.3 is 0 Å². The van der Waals surface area contributed by atoms with Crippen molar-refractivity contribution in [2.24, 2.45) is 0 Å². The molecule has 0 aliphatic heterocycles. The van der Waals surface area contributed by atoms with Gasteiger partial charge in [-0.3, -0.25) is 0 Å². The van der Waals surface area contributed by atoms with Crippen molar-refractivity contribution in [2.75, 3.05) is 0 Å². The van der Waals surface area contributed by atoms with Gasteiger partial charge in [-0.2, -0.15) is 0 Å². The molecule has 3 heterocycles. The Bertz CT molecular complexity index is 3170. The second-order valence-corrected chi connectivity index (χ2v) is 14.0. The van der Waals surface area contributed by atoms with Crippen molar-refractivity contribution in [2.45, 2.75) is 0 Å². The van der Waals surface area contributed by atoms with Crippen LogP contribution >= 0.6 is 11.3 Å². The molecular weight excluding hydrogens is 627 g/mol. The Labute approximate surface area is 291 Å². The number of fused-ring (bicyclic) bond motifs is 9. The van der Waals surface area contributed by atoms with Crippen molar-refractivity contribution in [1.29, 1.82) is 0 Å². The first kappa shape index (κ1) is 27.6. The zero-order valence-electron chi connectivity index (χ0n) is 26.8. The predicted molar refractivity (Wildman–Crippen MR) is 213 cm³/mol. The van der Waals surface area contributed by atoms with E-state index in [-0.39, 0.29) is 0 Å². The molecule has 232 valence electrons. The average molecular weight is 654 g/mol. The van der Waals surface area contributed by atoms with Gasteiger partial charge in [-0.05, 0) is 74.8 Å². The summed E-state index contributed by atoms with van der Waals surface area (Å²) in [7, 11) is 0. The van der Waals surface area contributed by atoms with Crippen LogP contribution in [0.2, 0.25) is 0 Å². The molecule has 0 aliphatic carbocycles. The molecule has 0 N–H and O–H groups in total. The van der Waals surface area contributed by atoms with Gasteiger partial charge in [0.2, 0.25) is 0 Å². The average Bonchev–Trinajstić information content (AvgIpc) is 3.70. The summed E-state index contributed by atoms with van der Waals surface area (Å²) in [6, 6.07) is 59.1. The van der Waals surface area contributed by atoms with E-state index < -0.39 is 0 Å². The second kappa shape index (κ2) is 10.6. The van der Waals surface area contributed by atoms with E-state index in [2.05, 4.69) is 168 Å². The first-order chi connectivity index (χ1) is 24.8. The monoisotopic (exact) mass is 653 g/mol. The molecule has 8 aromatic carbocycles. The van der Waals surface area contributed by atoms with Crippen LogP contribution < -0.4 is 0 Å². The van der Waals surface area contributed by atoms with Gasteiger partial charge in [0.1, 0.15) is 10.3 Å². The van der Waals surface area contributed by atoms with Crippen LogP contribution in [-0.4, -0.2) is 14.5 Å². The van der Waals surface area contributed by atoms with Crippen molar-refractivity contribution >= 4 is 85.9 Å². The van der Waals surface area contributed by atoms with Gasteiger partial charge in [-0.15, -0.1) is 11.3 Å². The summed E-state index contributed by atoms with van der Waals surface area (Å²) in [5.74, 6) is 0. The quantitative estimate of drug-likeness (QED) is 0.190. The zero-order chi connectivity index (χ0) is 32.8. The van der Waals surface area contributed by atoms with Gasteiger partial charge in [0, 0.05) is 37.7 Å².